The van der Waals surface area contributed by atoms with E-state index in [1.807, 2.05) is 6.92 Å². The number of nitrogens with zero attached hydrogens (tertiary/aromatic N) is 1. The van der Waals surface area contributed by atoms with Crippen LogP contribution in [0.4, 0.5) is 0 Å². The Morgan fingerprint density at radius 2 is 2.31 bits per heavy atom. The van der Waals surface area contributed by atoms with E-state index in [1.165, 1.54) is 19.3 Å². The molecule has 13 heavy (non-hydrogen) atoms. The third kappa shape index (κ3) is 2.68. The van der Waals surface area contributed by atoms with Crippen molar-refractivity contribution in [2.45, 2.75) is 51.6 Å². The third-order valence-electron chi connectivity index (χ3n) is 2.97. The summed E-state index contributed by atoms with van der Waals surface area (Å²) in [6.45, 7) is 5.11. The summed E-state index contributed by atoms with van der Waals surface area (Å²) in [6.07, 6.45) is 4.82. The number of halogens is 1. The number of carbonyl (C=O) groups excluding carboxylic acids is 1. The van der Waals surface area contributed by atoms with E-state index in [2.05, 4.69) is 11.8 Å². The maximum Gasteiger partial charge on any atom is 0.238 e. The van der Waals surface area contributed by atoms with E-state index in [0.717, 1.165) is 13.0 Å². The highest BCUT2D eigenvalue weighted by atomic mass is 35.5. The Labute approximate surface area is 85.2 Å². The molecule has 0 bridgehead atoms. The van der Waals surface area contributed by atoms with Crippen molar-refractivity contribution in [3.05, 3.63) is 0 Å². The van der Waals surface area contributed by atoms with Crippen LogP contribution in [0.1, 0.15) is 39.5 Å². The summed E-state index contributed by atoms with van der Waals surface area (Å²) >= 11 is 5.50. The zero-order valence-electron chi connectivity index (χ0n) is 8.42. The molecule has 0 aromatic carbocycles. The summed E-state index contributed by atoms with van der Waals surface area (Å²) in [4.78, 5) is 13.3. The van der Waals surface area contributed by atoms with Crippen molar-refractivity contribution in [2.75, 3.05) is 6.54 Å². The molecule has 1 saturated heterocycles. The van der Waals surface area contributed by atoms with E-state index in [4.69, 9.17) is 11.6 Å². The minimum Gasteiger partial charge on any atom is -0.290 e. The summed E-state index contributed by atoms with van der Waals surface area (Å²) in [7, 11) is 0. The lowest BCUT2D eigenvalue weighted by atomic mass is 9.98. The van der Waals surface area contributed by atoms with Crippen molar-refractivity contribution in [3.63, 3.8) is 0 Å². The van der Waals surface area contributed by atoms with Gasteiger partial charge in [-0.2, -0.15) is 0 Å². The fourth-order valence-electron chi connectivity index (χ4n) is 2.10. The molecule has 0 spiro atoms. The number of hydrogen-bond donors (Lipinski definition) is 0. The Kier molecular flexibility index (Phi) is 4.20. The van der Waals surface area contributed by atoms with E-state index in [0.29, 0.717) is 6.04 Å². The van der Waals surface area contributed by atoms with Crippen molar-refractivity contribution in [1.29, 1.82) is 0 Å². The fraction of sp³-hybridized carbons (Fsp3) is 0.900. The van der Waals surface area contributed by atoms with Gasteiger partial charge >= 0.3 is 0 Å². The minimum absolute atomic E-state index is 0.105. The van der Waals surface area contributed by atoms with Gasteiger partial charge in [-0.05, 0) is 44.3 Å². The Morgan fingerprint density at radius 3 is 2.85 bits per heavy atom. The molecule has 1 fully saturated rings. The lowest BCUT2D eigenvalue weighted by Crippen LogP contribution is -2.47. The van der Waals surface area contributed by atoms with Crippen LogP contribution in [0.5, 0.6) is 0 Å². The Balaban J connectivity index is 2.58. The average Bonchev–Trinajstić information content (AvgIpc) is 2.16. The standard InChI is InChI=1S/C10H18ClNO/c1-3-9-6-4-5-7-12(9)8(2)10(11)13/h8-9H,3-7H2,1-2H3. The first-order valence-corrected chi connectivity index (χ1v) is 5.49. The number of hydrogen-bond acceptors (Lipinski definition) is 2. The number of rotatable bonds is 3. The number of likely N-dealkylation sites (tertiary alicyclic amines) is 1. The van der Waals surface area contributed by atoms with Crippen LogP contribution in [0.15, 0.2) is 0 Å². The molecule has 0 radical (unpaired) electrons. The fourth-order valence-corrected chi connectivity index (χ4v) is 2.23. The van der Waals surface area contributed by atoms with Crippen molar-refractivity contribution >= 4 is 16.8 Å². The van der Waals surface area contributed by atoms with Gasteiger partial charge in [0.25, 0.3) is 0 Å². The summed E-state index contributed by atoms with van der Waals surface area (Å²) in [6, 6.07) is 0.457. The van der Waals surface area contributed by atoms with Crippen LogP contribution in [0.2, 0.25) is 0 Å². The molecule has 76 valence electrons. The van der Waals surface area contributed by atoms with Crippen molar-refractivity contribution in [1.82, 2.24) is 4.90 Å². The maximum absolute atomic E-state index is 11.0. The second-order valence-corrected chi connectivity index (χ2v) is 4.15. The monoisotopic (exact) mass is 203 g/mol. The predicted molar refractivity (Wildman–Crippen MR) is 55.0 cm³/mol. The summed E-state index contributed by atoms with van der Waals surface area (Å²) in [5.74, 6) is 0. The van der Waals surface area contributed by atoms with Crippen LogP contribution < -0.4 is 0 Å². The molecular formula is C10H18ClNO. The van der Waals surface area contributed by atoms with Gasteiger partial charge in [-0.15, -0.1) is 0 Å². The van der Waals surface area contributed by atoms with Crippen LogP contribution >= 0.6 is 11.6 Å². The van der Waals surface area contributed by atoms with Crippen LogP contribution in [-0.4, -0.2) is 28.8 Å². The molecular weight excluding hydrogens is 186 g/mol. The largest absolute Gasteiger partial charge is 0.290 e. The van der Waals surface area contributed by atoms with E-state index in [1.54, 1.807) is 0 Å². The minimum atomic E-state index is -0.222. The molecule has 1 heterocycles. The molecule has 0 amide bonds. The van der Waals surface area contributed by atoms with Crippen LogP contribution in [0.3, 0.4) is 0 Å². The Morgan fingerprint density at radius 1 is 1.62 bits per heavy atom. The van der Waals surface area contributed by atoms with Crippen molar-refractivity contribution in [2.24, 2.45) is 0 Å². The molecule has 0 aliphatic carbocycles. The quantitative estimate of drug-likeness (QED) is 0.657. The van der Waals surface area contributed by atoms with Gasteiger partial charge in [0, 0.05) is 6.04 Å². The first kappa shape index (κ1) is 11.0. The number of piperidine rings is 1. The molecule has 1 aliphatic rings. The summed E-state index contributed by atoms with van der Waals surface area (Å²) < 4.78 is 0. The summed E-state index contributed by atoms with van der Waals surface area (Å²) in [5.41, 5.74) is 0. The zero-order valence-corrected chi connectivity index (χ0v) is 9.18. The lowest BCUT2D eigenvalue weighted by Gasteiger charge is -2.37. The molecule has 0 aromatic rings. The predicted octanol–water partition coefficient (Wildman–Crippen LogP) is 2.40. The van der Waals surface area contributed by atoms with Gasteiger partial charge < -0.3 is 0 Å². The van der Waals surface area contributed by atoms with E-state index in [-0.39, 0.29) is 11.3 Å². The normalized spacial score (nSPS) is 27.2. The molecule has 2 unspecified atom stereocenters. The van der Waals surface area contributed by atoms with Crippen molar-refractivity contribution < 1.29 is 4.79 Å². The maximum atomic E-state index is 11.0. The lowest BCUT2D eigenvalue weighted by molar-refractivity contribution is -0.117. The smallest absolute Gasteiger partial charge is 0.238 e. The van der Waals surface area contributed by atoms with Gasteiger partial charge in [-0.3, -0.25) is 9.69 Å². The molecule has 0 aromatic heterocycles. The second-order valence-electron chi connectivity index (χ2n) is 3.78. The van der Waals surface area contributed by atoms with E-state index in [9.17, 15) is 4.79 Å². The van der Waals surface area contributed by atoms with Gasteiger partial charge in [0.05, 0.1) is 6.04 Å². The molecule has 1 aliphatic heterocycles. The SMILES string of the molecule is CCC1CCCCN1C(C)C(=O)Cl. The zero-order chi connectivity index (χ0) is 9.84. The van der Waals surface area contributed by atoms with E-state index >= 15 is 0 Å². The molecule has 2 atom stereocenters. The summed E-state index contributed by atoms with van der Waals surface area (Å²) in [5, 5.41) is -0.222. The molecule has 0 saturated carbocycles. The Hall–Kier alpha value is -0.0800. The molecule has 0 N–H and O–H groups in total. The third-order valence-corrected chi connectivity index (χ3v) is 3.29. The van der Waals surface area contributed by atoms with Crippen molar-refractivity contribution in [3.8, 4) is 0 Å². The molecule has 2 nitrogen and oxygen atoms in total. The highest BCUT2D eigenvalue weighted by molar-refractivity contribution is 6.64. The van der Waals surface area contributed by atoms with Gasteiger partial charge in [-0.25, -0.2) is 0 Å². The first-order valence-electron chi connectivity index (χ1n) is 5.12. The topological polar surface area (TPSA) is 20.3 Å². The molecule has 1 rings (SSSR count). The Bertz CT molecular complexity index is 184. The highest BCUT2D eigenvalue weighted by Gasteiger charge is 2.27. The molecule has 3 heteroatoms. The number of carbonyl (C=O) groups is 1. The average molecular weight is 204 g/mol. The second kappa shape index (κ2) is 4.97. The first-order chi connectivity index (χ1) is 6.16. The van der Waals surface area contributed by atoms with Crippen LogP contribution in [0, 0.1) is 0 Å². The van der Waals surface area contributed by atoms with Gasteiger partial charge in [-0.1, -0.05) is 13.3 Å². The van der Waals surface area contributed by atoms with Gasteiger partial charge in [0.15, 0.2) is 0 Å². The van der Waals surface area contributed by atoms with Gasteiger partial charge in [0.2, 0.25) is 5.24 Å². The van der Waals surface area contributed by atoms with Gasteiger partial charge in [0.1, 0.15) is 0 Å². The van der Waals surface area contributed by atoms with Crippen LogP contribution in [-0.2, 0) is 4.79 Å². The van der Waals surface area contributed by atoms with Crippen LogP contribution in [0.25, 0.3) is 0 Å². The highest BCUT2D eigenvalue weighted by Crippen LogP contribution is 2.22. The van der Waals surface area contributed by atoms with E-state index < -0.39 is 0 Å².